The minimum atomic E-state index is -0.619. The highest BCUT2D eigenvalue weighted by molar-refractivity contribution is 5.93. The van der Waals surface area contributed by atoms with Gasteiger partial charge in [0.1, 0.15) is 12.1 Å². The fourth-order valence-corrected chi connectivity index (χ4v) is 2.19. The van der Waals surface area contributed by atoms with Gasteiger partial charge in [0.25, 0.3) is 0 Å². The lowest BCUT2D eigenvalue weighted by atomic mass is 9.95. The Morgan fingerprint density at radius 1 is 1.25 bits per heavy atom. The van der Waals surface area contributed by atoms with E-state index in [-0.39, 0.29) is 17.7 Å². The van der Waals surface area contributed by atoms with Gasteiger partial charge < -0.3 is 15.5 Å². The normalized spacial score (nSPS) is 20.4. The van der Waals surface area contributed by atoms with E-state index in [9.17, 15) is 14.4 Å². The Kier molecular flexibility index (Phi) is 5.14. The highest BCUT2D eigenvalue weighted by atomic mass is 16.2. The third kappa shape index (κ3) is 3.71. The zero-order valence-electron chi connectivity index (χ0n) is 12.9. The molecule has 6 heteroatoms. The number of nitrogens with zero attached hydrogens (tertiary/aromatic N) is 1. The van der Waals surface area contributed by atoms with E-state index in [0.717, 1.165) is 6.42 Å². The second kappa shape index (κ2) is 6.24. The van der Waals surface area contributed by atoms with Gasteiger partial charge in [0, 0.05) is 19.0 Å². The van der Waals surface area contributed by atoms with E-state index >= 15 is 0 Å². The highest BCUT2D eigenvalue weighted by Crippen LogP contribution is 2.19. The topological polar surface area (TPSA) is 78.5 Å². The average molecular weight is 283 g/mol. The maximum Gasteiger partial charge on any atom is 0.245 e. The summed E-state index contributed by atoms with van der Waals surface area (Å²) in [4.78, 5) is 37.6. The van der Waals surface area contributed by atoms with Crippen molar-refractivity contribution in [2.24, 2.45) is 5.41 Å². The van der Waals surface area contributed by atoms with Crippen LogP contribution in [0.1, 0.15) is 40.5 Å². The predicted molar refractivity (Wildman–Crippen MR) is 75.9 cm³/mol. The molecule has 0 aromatic carbocycles. The van der Waals surface area contributed by atoms with Gasteiger partial charge in [-0.2, -0.15) is 0 Å². The van der Waals surface area contributed by atoms with Crippen LogP contribution >= 0.6 is 0 Å². The zero-order chi connectivity index (χ0) is 15.5. The van der Waals surface area contributed by atoms with Crippen molar-refractivity contribution in [1.29, 1.82) is 0 Å². The molecule has 0 spiro atoms. The number of hydrogen-bond acceptors (Lipinski definition) is 3. The number of likely N-dealkylation sites (N-methyl/N-ethyl adjacent to an activating group) is 1. The van der Waals surface area contributed by atoms with E-state index in [1.54, 1.807) is 39.6 Å². The number of carbonyl (C=O) groups is 3. The van der Waals surface area contributed by atoms with Crippen LogP contribution in [0.2, 0.25) is 0 Å². The smallest absolute Gasteiger partial charge is 0.245 e. The Morgan fingerprint density at radius 3 is 2.35 bits per heavy atom. The summed E-state index contributed by atoms with van der Waals surface area (Å²) in [5, 5.41) is 5.29. The molecule has 2 atom stereocenters. The molecule has 2 N–H and O–H groups in total. The zero-order valence-corrected chi connectivity index (χ0v) is 12.9. The van der Waals surface area contributed by atoms with Gasteiger partial charge in [0.05, 0.1) is 0 Å². The van der Waals surface area contributed by atoms with Gasteiger partial charge in [-0.1, -0.05) is 20.8 Å². The first-order valence-electron chi connectivity index (χ1n) is 7.01. The maximum atomic E-state index is 12.4. The Morgan fingerprint density at radius 2 is 1.85 bits per heavy atom. The van der Waals surface area contributed by atoms with Crippen molar-refractivity contribution >= 4 is 17.7 Å². The van der Waals surface area contributed by atoms with Crippen LogP contribution in [0.3, 0.4) is 0 Å². The molecule has 6 nitrogen and oxygen atoms in total. The molecule has 0 aromatic rings. The lowest BCUT2D eigenvalue weighted by Gasteiger charge is -2.28. The lowest BCUT2D eigenvalue weighted by molar-refractivity contribution is -0.141. The molecule has 1 aliphatic rings. The fraction of sp³-hybridized carbons (Fsp3) is 0.786. The van der Waals surface area contributed by atoms with Crippen molar-refractivity contribution in [2.75, 3.05) is 13.6 Å². The summed E-state index contributed by atoms with van der Waals surface area (Å²) in [7, 11) is 1.56. The van der Waals surface area contributed by atoms with Gasteiger partial charge in [-0.15, -0.1) is 0 Å². The number of likely N-dealkylation sites (tertiary alicyclic amines) is 1. The number of carbonyl (C=O) groups excluding carboxylic acids is 3. The second-order valence-corrected chi connectivity index (χ2v) is 6.25. The van der Waals surface area contributed by atoms with Crippen LogP contribution in [0.15, 0.2) is 0 Å². The molecular weight excluding hydrogens is 258 g/mol. The molecule has 0 aliphatic carbocycles. The molecule has 1 aliphatic heterocycles. The summed E-state index contributed by atoms with van der Waals surface area (Å²) in [5.41, 5.74) is -0.542. The van der Waals surface area contributed by atoms with Crippen LogP contribution in [0.4, 0.5) is 0 Å². The predicted octanol–water partition coefficient (Wildman–Crippen LogP) is 0.274. The van der Waals surface area contributed by atoms with Gasteiger partial charge in [-0.25, -0.2) is 0 Å². The molecule has 20 heavy (non-hydrogen) atoms. The monoisotopic (exact) mass is 283 g/mol. The largest absolute Gasteiger partial charge is 0.357 e. The molecule has 0 unspecified atom stereocenters. The Hall–Kier alpha value is -1.59. The second-order valence-electron chi connectivity index (χ2n) is 6.25. The van der Waals surface area contributed by atoms with Crippen LogP contribution in [0.5, 0.6) is 0 Å². The molecular formula is C14H25N3O3. The summed E-state index contributed by atoms with van der Waals surface area (Å²) in [6.45, 7) is 7.60. The van der Waals surface area contributed by atoms with Crippen molar-refractivity contribution in [1.82, 2.24) is 15.5 Å². The molecule has 114 valence electrons. The summed E-state index contributed by atoms with van der Waals surface area (Å²) < 4.78 is 0. The van der Waals surface area contributed by atoms with Crippen LogP contribution in [0.25, 0.3) is 0 Å². The molecule has 0 radical (unpaired) electrons. The summed E-state index contributed by atoms with van der Waals surface area (Å²) in [5.74, 6) is -0.520. The molecule has 1 rings (SSSR count). The number of rotatable bonds is 3. The van der Waals surface area contributed by atoms with Crippen LogP contribution in [-0.2, 0) is 14.4 Å². The van der Waals surface area contributed by atoms with E-state index in [0.29, 0.717) is 13.0 Å². The first-order chi connectivity index (χ1) is 9.18. The van der Waals surface area contributed by atoms with Crippen LogP contribution < -0.4 is 10.6 Å². The fourth-order valence-electron chi connectivity index (χ4n) is 2.19. The number of amides is 3. The van der Waals surface area contributed by atoms with E-state index in [1.165, 1.54) is 0 Å². The summed E-state index contributed by atoms with van der Waals surface area (Å²) >= 11 is 0. The third-order valence-corrected chi connectivity index (χ3v) is 3.48. The maximum absolute atomic E-state index is 12.4. The Labute approximate surface area is 120 Å². The molecule has 1 fully saturated rings. The molecule has 1 heterocycles. The molecule has 1 saturated heterocycles. The Balaban J connectivity index is 2.69. The first kappa shape index (κ1) is 16.5. The first-order valence-corrected chi connectivity index (χ1v) is 7.01. The molecule has 0 aromatic heterocycles. The summed E-state index contributed by atoms with van der Waals surface area (Å²) in [6, 6.07) is -1.03. The lowest BCUT2D eigenvalue weighted by Crippen LogP contribution is -2.53. The minimum Gasteiger partial charge on any atom is -0.357 e. The van der Waals surface area contributed by atoms with Gasteiger partial charge >= 0.3 is 0 Å². The Bertz CT molecular complexity index is 401. The SMILES string of the molecule is CNC(=O)[C@@H]1CCCN1C(=O)[C@H](C)NC(=O)C(C)(C)C. The van der Waals surface area contributed by atoms with Crippen LogP contribution in [-0.4, -0.2) is 48.3 Å². The quantitative estimate of drug-likeness (QED) is 0.780. The van der Waals surface area contributed by atoms with Gasteiger partial charge in [-0.3, -0.25) is 14.4 Å². The van der Waals surface area contributed by atoms with Gasteiger partial charge in [-0.05, 0) is 19.8 Å². The average Bonchev–Trinajstić information content (AvgIpc) is 2.84. The highest BCUT2D eigenvalue weighted by Gasteiger charge is 2.36. The number of hydrogen-bond donors (Lipinski definition) is 2. The van der Waals surface area contributed by atoms with E-state index < -0.39 is 17.5 Å². The van der Waals surface area contributed by atoms with Crippen molar-refractivity contribution in [2.45, 2.75) is 52.6 Å². The molecule has 0 bridgehead atoms. The van der Waals surface area contributed by atoms with Crippen molar-refractivity contribution in [3.05, 3.63) is 0 Å². The van der Waals surface area contributed by atoms with Gasteiger partial charge in [0.15, 0.2) is 0 Å². The van der Waals surface area contributed by atoms with Crippen molar-refractivity contribution < 1.29 is 14.4 Å². The van der Waals surface area contributed by atoms with Crippen LogP contribution in [0, 0.1) is 5.41 Å². The number of nitrogens with one attached hydrogen (secondary N) is 2. The van der Waals surface area contributed by atoms with Crippen molar-refractivity contribution in [3.63, 3.8) is 0 Å². The molecule has 3 amide bonds. The van der Waals surface area contributed by atoms with E-state index in [2.05, 4.69) is 10.6 Å². The minimum absolute atomic E-state index is 0.148. The molecule has 0 saturated carbocycles. The van der Waals surface area contributed by atoms with Crippen molar-refractivity contribution in [3.8, 4) is 0 Å². The third-order valence-electron chi connectivity index (χ3n) is 3.48. The van der Waals surface area contributed by atoms with E-state index in [4.69, 9.17) is 0 Å². The summed E-state index contributed by atoms with van der Waals surface area (Å²) in [6.07, 6.45) is 1.48. The van der Waals surface area contributed by atoms with E-state index in [1.807, 2.05) is 0 Å². The van der Waals surface area contributed by atoms with Gasteiger partial charge in [0.2, 0.25) is 17.7 Å². The standard InChI is InChI=1S/C14H25N3O3/c1-9(16-13(20)14(2,3)4)12(19)17-8-6-7-10(17)11(18)15-5/h9-10H,6-8H2,1-5H3,(H,15,18)(H,16,20)/t9-,10-/m0/s1.